The van der Waals surface area contributed by atoms with Gasteiger partial charge >= 0.3 is 24.2 Å². The third kappa shape index (κ3) is 9.94. The Kier molecular flexibility index (Phi) is 10.3. The first kappa shape index (κ1) is 23.2. The molecule has 0 spiro atoms. The van der Waals surface area contributed by atoms with Gasteiger partial charge in [0, 0.05) is 12.2 Å². The molecule has 30 heavy (non-hydrogen) atoms. The van der Waals surface area contributed by atoms with Crippen LogP contribution >= 0.6 is 0 Å². The van der Waals surface area contributed by atoms with Gasteiger partial charge in [-0.05, 0) is 25.7 Å². The molecule has 10 nitrogen and oxygen atoms in total. The van der Waals surface area contributed by atoms with Crippen LogP contribution in [0.25, 0.3) is 0 Å². The minimum Gasteiger partial charge on any atom is -0.458 e. The van der Waals surface area contributed by atoms with Crippen molar-refractivity contribution in [1.29, 1.82) is 0 Å². The van der Waals surface area contributed by atoms with E-state index in [0.29, 0.717) is 0 Å². The lowest BCUT2D eigenvalue weighted by Gasteiger charge is -2.05. The molecule has 0 N–H and O–H groups in total. The number of rotatable bonds is 13. The molecule has 2 rings (SSSR count). The Bertz CT molecular complexity index is 598. The number of ether oxygens (including phenoxy) is 6. The van der Waals surface area contributed by atoms with Gasteiger partial charge in [-0.3, -0.25) is 0 Å². The molecule has 0 aromatic rings. The SMILES string of the molecule is O=C(C=CCCCCCCC=CC(=O)OCC1COC(=O)O1)OCC1COC(=O)O1. The van der Waals surface area contributed by atoms with Crippen LogP contribution in [0.1, 0.15) is 38.5 Å². The maximum Gasteiger partial charge on any atom is 0.508 e. The summed E-state index contributed by atoms with van der Waals surface area (Å²) in [4.78, 5) is 44.5. The predicted octanol–water partition coefficient (Wildman–Crippen LogP) is 2.60. The van der Waals surface area contributed by atoms with Crippen molar-refractivity contribution < 1.29 is 47.6 Å². The highest BCUT2D eigenvalue weighted by Crippen LogP contribution is 2.09. The van der Waals surface area contributed by atoms with Crippen LogP contribution in [-0.4, -0.2) is 62.9 Å². The van der Waals surface area contributed by atoms with Gasteiger partial charge in [0.05, 0.1) is 0 Å². The summed E-state index contributed by atoms with van der Waals surface area (Å²) in [6, 6.07) is 0. The summed E-state index contributed by atoms with van der Waals surface area (Å²) < 4.78 is 28.6. The Morgan fingerprint density at radius 1 is 0.767 bits per heavy atom. The highest BCUT2D eigenvalue weighted by molar-refractivity contribution is 5.82. The summed E-state index contributed by atoms with van der Waals surface area (Å²) in [7, 11) is 0. The van der Waals surface area contributed by atoms with E-state index >= 15 is 0 Å². The van der Waals surface area contributed by atoms with E-state index in [4.69, 9.17) is 18.9 Å². The third-order valence-electron chi connectivity index (χ3n) is 4.12. The third-order valence-corrected chi connectivity index (χ3v) is 4.12. The summed E-state index contributed by atoms with van der Waals surface area (Å²) >= 11 is 0. The molecule has 10 heteroatoms. The zero-order chi connectivity index (χ0) is 21.6. The topological polar surface area (TPSA) is 124 Å². The van der Waals surface area contributed by atoms with Gasteiger partial charge in [-0.1, -0.05) is 25.0 Å². The van der Waals surface area contributed by atoms with Crippen LogP contribution in [0, 0.1) is 0 Å². The number of allylic oxidation sites excluding steroid dienone is 2. The molecule has 0 aliphatic carbocycles. The first-order chi connectivity index (χ1) is 14.5. The van der Waals surface area contributed by atoms with E-state index in [1.54, 1.807) is 12.2 Å². The van der Waals surface area contributed by atoms with E-state index in [-0.39, 0.29) is 26.4 Å². The molecule has 0 amide bonds. The number of hydrogen-bond donors (Lipinski definition) is 0. The fraction of sp³-hybridized carbons (Fsp3) is 0.600. The van der Waals surface area contributed by atoms with Gasteiger partial charge in [-0.2, -0.15) is 0 Å². The fourth-order valence-electron chi connectivity index (χ4n) is 2.58. The Morgan fingerprint density at radius 2 is 1.20 bits per heavy atom. The quantitative estimate of drug-likeness (QED) is 0.188. The number of carbonyl (C=O) groups excluding carboxylic acids is 4. The first-order valence-corrected chi connectivity index (χ1v) is 9.86. The second kappa shape index (κ2) is 13.2. The summed E-state index contributed by atoms with van der Waals surface area (Å²) in [6.07, 6.45) is 9.07. The van der Waals surface area contributed by atoms with Crippen LogP contribution in [0.3, 0.4) is 0 Å². The second-order valence-electron chi connectivity index (χ2n) is 6.66. The molecule has 0 bridgehead atoms. The number of cyclic esters (lactones) is 4. The van der Waals surface area contributed by atoms with E-state index in [2.05, 4.69) is 9.47 Å². The summed E-state index contributed by atoms with van der Waals surface area (Å²) in [5, 5.41) is 0. The molecule has 0 saturated carbocycles. The number of carbonyl (C=O) groups is 4. The van der Waals surface area contributed by atoms with Gasteiger partial charge in [-0.15, -0.1) is 0 Å². The van der Waals surface area contributed by atoms with E-state index in [0.717, 1.165) is 38.5 Å². The monoisotopic (exact) mass is 426 g/mol. The van der Waals surface area contributed by atoms with E-state index in [9.17, 15) is 19.2 Å². The smallest absolute Gasteiger partial charge is 0.458 e. The molecule has 0 aromatic heterocycles. The number of hydrogen-bond acceptors (Lipinski definition) is 10. The molecule has 2 saturated heterocycles. The highest BCUT2D eigenvalue weighted by atomic mass is 16.8. The molecule has 2 fully saturated rings. The van der Waals surface area contributed by atoms with Gasteiger partial charge < -0.3 is 28.4 Å². The lowest BCUT2D eigenvalue weighted by atomic mass is 10.1. The van der Waals surface area contributed by atoms with Crippen LogP contribution < -0.4 is 0 Å². The molecular weight excluding hydrogens is 400 g/mol. The van der Waals surface area contributed by atoms with Crippen molar-refractivity contribution in [2.75, 3.05) is 26.4 Å². The van der Waals surface area contributed by atoms with Crippen molar-refractivity contribution in [3.8, 4) is 0 Å². The zero-order valence-electron chi connectivity index (χ0n) is 16.6. The molecule has 166 valence electrons. The summed E-state index contributed by atoms with van der Waals surface area (Å²) in [6.45, 7) is 0.162. The van der Waals surface area contributed by atoms with E-state index < -0.39 is 36.5 Å². The minimum absolute atomic E-state index is 0.0155. The second-order valence-corrected chi connectivity index (χ2v) is 6.66. The Hall–Kier alpha value is -3.04. The average Bonchev–Trinajstić information content (AvgIpc) is 3.33. The minimum atomic E-state index is -0.745. The van der Waals surface area contributed by atoms with Gasteiger partial charge in [0.25, 0.3) is 0 Å². The van der Waals surface area contributed by atoms with Crippen LogP contribution in [0.4, 0.5) is 9.59 Å². The van der Waals surface area contributed by atoms with Crippen molar-refractivity contribution in [2.45, 2.75) is 50.7 Å². The Balaban J connectivity index is 1.38. The van der Waals surface area contributed by atoms with Gasteiger partial charge in [-0.25, -0.2) is 19.2 Å². The van der Waals surface area contributed by atoms with Crippen molar-refractivity contribution in [3.63, 3.8) is 0 Å². The standard InChI is InChI=1S/C20H26O10/c21-17(25-11-15-13-27-19(23)29-15)9-7-5-3-1-2-4-6-8-10-18(22)26-12-16-14-28-20(24)30-16/h7-10,15-16H,1-6,11-14H2. The number of unbranched alkanes of at least 4 members (excludes halogenated alkanes) is 5. The summed E-state index contributed by atoms with van der Waals surface area (Å²) in [5.74, 6) is -0.956. The molecule has 2 aliphatic rings. The number of esters is 2. The molecule has 2 heterocycles. The van der Waals surface area contributed by atoms with Crippen molar-refractivity contribution >= 4 is 24.2 Å². The zero-order valence-corrected chi connectivity index (χ0v) is 16.6. The maximum absolute atomic E-state index is 11.5. The van der Waals surface area contributed by atoms with Gasteiger partial charge in [0.2, 0.25) is 0 Å². The van der Waals surface area contributed by atoms with Crippen LogP contribution in [0.15, 0.2) is 24.3 Å². The predicted molar refractivity (Wildman–Crippen MR) is 100 cm³/mol. The lowest BCUT2D eigenvalue weighted by molar-refractivity contribution is -0.140. The van der Waals surface area contributed by atoms with Gasteiger partial charge in [0.15, 0.2) is 12.2 Å². The first-order valence-electron chi connectivity index (χ1n) is 9.86. The van der Waals surface area contributed by atoms with E-state index in [1.807, 2.05) is 0 Å². The van der Waals surface area contributed by atoms with Crippen molar-refractivity contribution in [3.05, 3.63) is 24.3 Å². The van der Waals surface area contributed by atoms with Crippen LogP contribution in [-0.2, 0) is 38.0 Å². The molecule has 0 aromatic carbocycles. The maximum atomic E-state index is 11.5. The molecular formula is C20H26O10. The van der Waals surface area contributed by atoms with Crippen molar-refractivity contribution in [1.82, 2.24) is 0 Å². The fourth-order valence-corrected chi connectivity index (χ4v) is 2.58. The van der Waals surface area contributed by atoms with E-state index in [1.165, 1.54) is 12.2 Å². The summed E-state index contributed by atoms with van der Waals surface area (Å²) in [5.41, 5.74) is 0. The van der Waals surface area contributed by atoms with Crippen LogP contribution in [0.5, 0.6) is 0 Å². The van der Waals surface area contributed by atoms with Gasteiger partial charge in [0.1, 0.15) is 26.4 Å². The average molecular weight is 426 g/mol. The highest BCUT2D eigenvalue weighted by Gasteiger charge is 2.26. The molecule has 2 unspecified atom stereocenters. The molecule has 0 radical (unpaired) electrons. The Labute approximate surface area is 174 Å². The molecule has 2 atom stereocenters. The Morgan fingerprint density at radius 3 is 1.57 bits per heavy atom. The lowest BCUT2D eigenvalue weighted by Crippen LogP contribution is -2.19. The molecule has 2 aliphatic heterocycles. The largest absolute Gasteiger partial charge is 0.508 e. The van der Waals surface area contributed by atoms with Crippen LogP contribution in [0.2, 0.25) is 0 Å². The normalized spacial score (nSPS) is 20.7. The van der Waals surface area contributed by atoms with Crippen molar-refractivity contribution in [2.24, 2.45) is 0 Å².